The number of imidazole rings is 1. The third-order valence-electron chi connectivity index (χ3n) is 6.21. The fraction of sp³-hybridized carbons (Fsp3) is 0.522. The molecule has 4 rings (SSSR count). The van der Waals surface area contributed by atoms with Gasteiger partial charge in [-0.15, -0.1) is 0 Å². The summed E-state index contributed by atoms with van der Waals surface area (Å²) in [7, 11) is 2.13. The van der Waals surface area contributed by atoms with E-state index >= 15 is 0 Å². The number of nitrogens with zero attached hydrogens (tertiary/aromatic N) is 3. The van der Waals surface area contributed by atoms with Crippen LogP contribution in [0.3, 0.4) is 0 Å². The molecule has 0 N–H and O–H groups in total. The molecule has 3 nitrogen and oxygen atoms in total. The Morgan fingerprint density at radius 3 is 2.78 bits per heavy atom. The Hall–Kier alpha value is -1.94. The van der Waals surface area contributed by atoms with E-state index in [1.807, 2.05) is 0 Å². The van der Waals surface area contributed by atoms with Crippen molar-refractivity contribution >= 4 is 11.0 Å². The van der Waals surface area contributed by atoms with Gasteiger partial charge >= 0.3 is 0 Å². The summed E-state index contributed by atoms with van der Waals surface area (Å²) < 4.78 is 15.8. The largest absolute Gasteiger partial charge is 0.331 e. The third kappa shape index (κ3) is 4.01. The summed E-state index contributed by atoms with van der Waals surface area (Å²) in [5.41, 5.74) is 4.90. The molecule has 2 aromatic rings. The highest BCUT2D eigenvalue weighted by Gasteiger charge is 2.22. The van der Waals surface area contributed by atoms with Crippen LogP contribution in [0.15, 0.2) is 41.8 Å². The second kappa shape index (κ2) is 7.97. The molecule has 144 valence electrons. The van der Waals surface area contributed by atoms with Crippen molar-refractivity contribution in [2.75, 3.05) is 19.6 Å². The molecule has 27 heavy (non-hydrogen) atoms. The van der Waals surface area contributed by atoms with Crippen LogP contribution in [-0.2, 0) is 13.5 Å². The van der Waals surface area contributed by atoms with E-state index in [9.17, 15) is 4.39 Å². The summed E-state index contributed by atoms with van der Waals surface area (Å²) in [5.74, 6) is 1.80. The first-order valence-corrected chi connectivity index (χ1v) is 10.3. The molecule has 0 spiro atoms. The molecule has 0 amide bonds. The Balaban J connectivity index is 1.28. The fourth-order valence-corrected chi connectivity index (χ4v) is 4.66. The number of aryl methyl sites for hydroxylation is 3. The average Bonchev–Trinajstić information content (AvgIpc) is 2.99. The molecule has 2 heterocycles. The number of para-hydroxylation sites is 1. The van der Waals surface area contributed by atoms with Crippen molar-refractivity contribution < 1.29 is 4.39 Å². The molecular formula is C23H30FN3. The van der Waals surface area contributed by atoms with Crippen LogP contribution in [0.4, 0.5) is 4.39 Å². The van der Waals surface area contributed by atoms with E-state index in [-0.39, 0.29) is 5.83 Å². The first kappa shape index (κ1) is 18.4. The highest BCUT2D eigenvalue weighted by atomic mass is 19.1. The summed E-state index contributed by atoms with van der Waals surface area (Å²) in [6.45, 7) is 5.52. The molecule has 1 aliphatic carbocycles. The van der Waals surface area contributed by atoms with Gasteiger partial charge in [0.15, 0.2) is 0 Å². The van der Waals surface area contributed by atoms with Gasteiger partial charge in [0.25, 0.3) is 0 Å². The fourth-order valence-electron chi connectivity index (χ4n) is 4.66. The Kier molecular flexibility index (Phi) is 5.44. The molecule has 2 aliphatic rings. The van der Waals surface area contributed by atoms with E-state index in [0.29, 0.717) is 12.3 Å². The van der Waals surface area contributed by atoms with Crippen molar-refractivity contribution in [3.05, 3.63) is 53.1 Å². The molecule has 1 fully saturated rings. The van der Waals surface area contributed by atoms with Crippen LogP contribution in [-0.4, -0.2) is 34.1 Å². The third-order valence-corrected chi connectivity index (χ3v) is 6.21. The van der Waals surface area contributed by atoms with Gasteiger partial charge in [-0.2, -0.15) is 0 Å². The van der Waals surface area contributed by atoms with Crippen molar-refractivity contribution in [1.82, 2.24) is 14.5 Å². The van der Waals surface area contributed by atoms with Crippen molar-refractivity contribution in [1.29, 1.82) is 0 Å². The monoisotopic (exact) mass is 367 g/mol. The lowest BCUT2D eigenvalue weighted by atomic mass is 9.86. The van der Waals surface area contributed by atoms with Gasteiger partial charge in [-0.1, -0.05) is 18.2 Å². The maximum absolute atomic E-state index is 13.5. The molecule has 0 radical (unpaired) electrons. The number of hydrogen-bond donors (Lipinski definition) is 0. The summed E-state index contributed by atoms with van der Waals surface area (Å²) in [5, 5.41) is 0. The first-order valence-electron chi connectivity index (χ1n) is 10.3. The topological polar surface area (TPSA) is 21.1 Å². The van der Waals surface area contributed by atoms with Crippen molar-refractivity contribution in [2.45, 2.75) is 45.4 Å². The van der Waals surface area contributed by atoms with Crippen LogP contribution < -0.4 is 0 Å². The number of likely N-dealkylation sites (tertiary alicyclic amines) is 1. The minimum absolute atomic E-state index is 0.0626. The summed E-state index contributed by atoms with van der Waals surface area (Å²) >= 11 is 0. The van der Waals surface area contributed by atoms with E-state index in [0.717, 1.165) is 57.3 Å². The average molecular weight is 368 g/mol. The lowest BCUT2D eigenvalue weighted by Crippen LogP contribution is -2.35. The molecule has 0 atom stereocenters. The zero-order valence-corrected chi connectivity index (χ0v) is 16.5. The maximum atomic E-state index is 13.5. The van der Waals surface area contributed by atoms with Gasteiger partial charge in [0.05, 0.1) is 11.0 Å². The van der Waals surface area contributed by atoms with Crippen molar-refractivity contribution in [2.24, 2.45) is 13.0 Å². The van der Waals surface area contributed by atoms with Gasteiger partial charge in [-0.25, -0.2) is 9.37 Å². The van der Waals surface area contributed by atoms with Crippen molar-refractivity contribution in [3.8, 4) is 0 Å². The molecule has 1 aromatic heterocycles. The Bertz CT molecular complexity index is 869. The highest BCUT2D eigenvalue weighted by Crippen LogP contribution is 2.30. The number of benzene rings is 1. The van der Waals surface area contributed by atoms with Crippen LogP contribution in [0.1, 0.15) is 43.5 Å². The van der Waals surface area contributed by atoms with Gasteiger partial charge in [0, 0.05) is 19.9 Å². The van der Waals surface area contributed by atoms with E-state index in [4.69, 9.17) is 4.98 Å². The normalized spacial score (nSPS) is 19.4. The quantitative estimate of drug-likeness (QED) is 0.733. The smallest absolute Gasteiger partial charge is 0.109 e. The molecule has 4 heteroatoms. The lowest BCUT2D eigenvalue weighted by Gasteiger charge is -2.33. The predicted octanol–water partition coefficient (Wildman–Crippen LogP) is 5.10. The second-order valence-electron chi connectivity index (χ2n) is 8.08. The zero-order chi connectivity index (χ0) is 18.8. The van der Waals surface area contributed by atoms with Crippen LogP contribution >= 0.6 is 0 Å². The lowest BCUT2D eigenvalue weighted by molar-refractivity contribution is 0.197. The number of aromatic nitrogens is 2. The zero-order valence-electron chi connectivity index (χ0n) is 16.5. The summed E-state index contributed by atoms with van der Waals surface area (Å²) in [4.78, 5) is 7.39. The maximum Gasteiger partial charge on any atom is 0.109 e. The molecule has 1 saturated heterocycles. The summed E-state index contributed by atoms with van der Waals surface area (Å²) in [6.07, 6.45) is 9.96. The minimum atomic E-state index is 0.0626. The molecule has 1 aliphatic heterocycles. The summed E-state index contributed by atoms with van der Waals surface area (Å²) in [6, 6.07) is 6.34. The minimum Gasteiger partial charge on any atom is -0.331 e. The van der Waals surface area contributed by atoms with E-state index in [1.54, 1.807) is 6.08 Å². The van der Waals surface area contributed by atoms with Gasteiger partial charge in [0.1, 0.15) is 11.7 Å². The van der Waals surface area contributed by atoms with E-state index in [1.165, 1.54) is 22.5 Å². The molecule has 1 aromatic carbocycles. The van der Waals surface area contributed by atoms with Gasteiger partial charge in [-0.05, 0) is 81.4 Å². The number of halogens is 1. The van der Waals surface area contributed by atoms with E-state index in [2.05, 4.69) is 47.7 Å². The molecule has 0 unspecified atom stereocenters. The number of hydrogen-bond acceptors (Lipinski definition) is 2. The Morgan fingerprint density at radius 2 is 2.04 bits per heavy atom. The van der Waals surface area contributed by atoms with Gasteiger partial charge < -0.3 is 9.47 Å². The van der Waals surface area contributed by atoms with Crippen LogP contribution in [0.5, 0.6) is 0 Å². The van der Waals surface area contributed by atoms with Crippen LogP contribution in [0.2, 0.25) is 0 Å². The molecule has 0 bridgehead atoms. The predicted molar refractivity (Wildman–Crippen MR) is 109 cm³/mol. The number of allylic oxidation sites excluding steroid dienone is 4. The standard InChI is InChI=1S/C23H30FN3/c1-17-6-3-9-21-23(17)26(2)22(25-21)10-5-13-27-14-11-18(12-15-27)19-7-4-8-20(24)16-19/h3,6-7,9,16,18H,4-5,8,10-15H2,1-2H3. The number of fused-ring (bicyclic) bond motifs is 1. The molecular weight excluding hydrogens is 337 g/mol. The second-order valence-corrected chi connectivity index (χ2v) is 8.08. The van der Waals surface area contributed by atoms with Crippen LogP contribution in [0.25, 0.3) is 11.0 Å². The number of rotatable bonds is 5. The van der Waals surface area contributed by atoms with Gasteiger partial charge in [-0.3, -0.25) is 0 Å². The van der Waals surface area contributed by atoms with Crippen LogP contribution in [0, 0.1) is 12.8 Å². The van der Waals surface area contributed by atoms with E-state index < -0.39 is 0 Å². The highest BCUT2D eigenvalue weighted by molar-refractivity contribution is 5.79. The first-order chi connectivity index (χ1) is 13.1. The molecule has 0 saturated carbocycles. The van der Waals surface area contributed by atoms with Crippen molar-refractivity contribution in [3.63, 3.8) is 0 Å². The van der Waals surface area contributed by atoms with Gasteiger partial charge in [0.2, 0.25) is 0 Å². The SMILES string of the molecule is Cc1cccc2nc(CCCN3CCC(C4=CCCC(F)=C4)CC3)n(C)c12. The number of piperidine rings is 1. The Morgan fingerprint density at radius 1 is 1.22 bits per heavy atom. The Labute approximate surface area is 161 Å².